The number of carbonyl (C=O) groups is 2. The molecule has 0 bridgehead atoms. The van der Waals surface area contributed by atoms with E-state index in [9.17, 15) is 14.7 Å². The van der Waals surface area contributed by atoms with Crippen LogP contribution < -0.4 is 0 Å². The number of aliphatic hydroxyl groups is 1. The molecular formula is C11H14O4. The van der Waals surface area contributed by atoms with Gasteiger partial charge < -0.3 is 9.84 Å². The largest absolute Gasteiger partial charge is 0.511 e. The first-order valence-electron chi connectivity index (χ1n) is 4.83. The molecule has 0 saturated carbocycles. The van der Waals surface area contributed by atoms with Crippen molar-refractivity contribution in [1.82, 2.24) is 0 Å². The molecule has 0 radical (unpaired) electrons. The molecule has 1 fully saturated rings. The van der Waals surface area contributed by atoms with E-state index >= 15 is 0 Å². The molecule has 0 aromatic carbocycles. The van der Waals surface area contributed by atoms with E-state index in [1.165, 1.54) is 0 Å². The Labute approximate surface area is 88.2 Å². The van der Waals surface area contributed by atoms with Gasteiger partial charge in [0.15, 0.2) is 5.78 Å². The minimum absolute atomic E-state index is 0.138. The summed E-state index contributed by atoms with van der Waals surface area (Å²) in [5, 5.41) is 9.54. The number of aliphatic hydroxyl groups excluding tert-OH is 1. The summed E-state index contributed by atoms with van der Waals surface area (Å²) in [6.07, 6.45) is 2.11. The van der Waals surface area contributed by atoms with Crippen LogP contribution in [0.2, 0.25) is 0 Å². The molecule has 1 heterocycles. The molecule has 1 N–H and O–H groups in total. The summed E-state index contributed by atoms with van der Waals surface area (Å²) in [5.74, 6) is -1.27. The van der Waals surface area contributed by atoms with Crippen molar-refractivity contribution in [3.05, 3.63) is 24.0 Å². The van der Waals surface area contributed by atoms with Crippen LogP contribution in [0.15, 0.2) is 24.0 Å². The lowest BCUT2D eigenvalue weighted by molar-refractivity contribution is -0.150. The number of hydrogen-bond donors (Lipinski definition) is 1. The van der Waals surface area contributed by atoms with E-state index in [2.05, 4.69) is 6.58 Å². The summed E-state index contributed by atoms with van der Waals surface area (Å²) in [5.41, 5.74) is -0.199. The van der Waals surface area contributed by atoms with Gasteiger partial charge in [-0.3, -0.25) is 4.79 Å². The van der Waals surface area contributed by atoms with Crippen LogP contribution in [0.5, 0.6) is 0 Å². The van der Waals surface area contributed by atoms with Gasteiger partial charge in [-0.15, -0.1) is 6.58 Å². The van der Waals surface area contributed by atoms with Crippen molar-refractivity contribution in [2.24, 2.45) is 0 Å². The van der Waals surface area contributed by atoms with Crippen LogP contribution in [0.1, 0.15) is 26.2 Å². The number of ether oxygens (including phenoxy) is 1. The van der Waals surface area contributed by atoms with E-state index in [0.29, 0.717) is 6.42 Å². The summed E-state index contributed by atoms with van der Waals surface area (Å²) in [6.45, 7) is 5.14. The second kappa shape index (κ2) is 4.77. The van der Waals surface area contributed by atoms with Gasteiger partial charge in [0.1, 0.15) is 17.4 Å². The first-order chi connectivity index (χ1) is 7.06. The lowest BCUT2D eigenvalue weighted by Gasteiger charge is -2.20. The molecule has 0 aromatic heterocycles. The molecule has 0 spiro atoms. The Hall–Kier alpha value is -1.58. The average molecular weight is 210 g/mol. The van der Waals surface area contributed by atoms with Gasteiger partial charge in [-0.1, -0.05) is 6.08 Å². The zero-order valence-corrected chi connectivity index (χ0v) is 8.66. The highest BCUT2D eigenvalue weighted by molar-refractivity contribution is 6.19. The third kappa shape index (κ3) is 2.68. The monoisotopic (exact) mass is 210 g/mol. The van der Waals surface area contributed by atoms with E-state index < -0.39 is 12.1 Å². The van der Waals surface area contributed by atoms with Gasteiger partial charge in [0.2, 0.25) is 0 Å². The SMILES string of the molecule is C=CCC/C(O)=C1/C(=O)C[C@@H](C)OC1=O. The van der Waals surface area contributed by atoms with E-state index in [-0.39, 0.29) is 30.0 Å². The second-order valence-corrected chi connectivity index (χ2v) is 3.49. The van der Waals surface area contributed by atoms with Crippen molar-refractivity contribution in [1.29, 1.82) is 0 Å². The first-order valence-corrected chi connectivity index (χ1v) is 4.83. The van der Waals surface area contributed by atoms with Gasteiger partial charge >= 0.3 is 5.97 Å². The molecule has 4 nitrogen and oxygen atoms in total. The normalized spacial score (nSPS) is 24.7. The molecule has 0 aromatic rings. The Morgan fingerprint density at radius 3 is 2.87 bits per heavy atom. The van der Waals surface area contributed by atoms with Crippen molar-refractivity contribution in [2.75, 3.05) is 0 Å². The van der Waals surface area contributed by atoms with Gasteiger partial charge in [-0.2, -0.15) is 0 Å². The van der Waals surface area contributed by atoms with Gasteiger partial charge in [0.05, 0.1) is 0 Å². The van der Waals surface area contributed by atoms with Gasteiger partial charge in [0, 0.05) is 12.8 Å². The summed E-state index contributed by atoms with van der Waals surface area (Å²) in [7, 11) is 0. The van der Waals surface area contributed by atoms with Gasteiger partial charge in [0.25, 0.3) is 0 Å². The zero-order chi connectivity index (χ0) is 11.4. The fourth-order valence-electron chi connectivity index (χ4n) is 1.40. The van der Waals surface area contributed by atoms with Crippen LogP contribution in [0.4, 0.5) is 0 Å². The number of ketones is 1. The fraction of sp³-hybridized carbons (Fsp3) is 0.455. The van der Waals surface area contributed by atoms with Gasteiger partial charge in [-0.25, -0.2) is 4.79 Å². The molecule has 0 amide bonds. The predicted molar refractivity (Wildman–Crippen MR) is 54.3 cm³/mol. The van der Waals surface area contributed by atoms with E-state index in [4.69, 9.17) is 4.74 Å². The quantitative estimate of drug-likeness (QED) is 0.253. The molecule has 15 heavy (non-hydrogen) atoms. The number of hydrogen-bond acceptors (Lipinski definition) is 4. The minimum atomic E-state index is -0.722. The lowest BCUT2D eigenvalue weighted by atomic mass is 10.00. The van der Waals surface area contributed by atoms with E-state index in [0.717, 1.165) is 0 Å². The Morgan fingerprint density at radius 1 is 1.67 bits per heavy atom. The number of cyclic esters (lactones) is 1. The third-order valence-electron chi connectivity index (χ3n) is 2.14. The third-order valence-corrected chi connectivity index (χ3v) is 2.14. The number of allylic oxidation sites excluding steroid dienone is 2. The summed E-state index contributed by atoms with van der Waals surface area (Å²) in [6, 6.07) is 0. The number of Topliss-reactive ketones (excluding diaryl/α,β-unsaturated/α-hetero) is 1. The molecule has 0 aliphatic carbocycles. The number of rotatable bonds is 3. The van der Waals surface area contributed by atoms with Crippen molar-refractivity contribution >= 4 is 11.8 Å². The molecule has 1 aliphatic heterocycles. The smallest absolute Gasteiger partial charge is 0.345 e. The Kier molecular flexibility index (Phi) is 3.66. The van der Waals surface area contributed by atoms with Crippen LogP contribution in [0.25, 0.3) is 0 Å². The number of esters is 1. The molecule has 0 unspecified atom stereocenters. The molecule has 1 atom stereocenters. The topological polar surface area (TPSA) is 63.6 Å². The summed E-state index contributed by atoms with van der Waals surface area (Å²) >= 11 is 0. The highest BCUT2D eigenvalue weighted by Gasteiger charge is 2.32. The predicted octanol–water partition coefficient (Wildman–Crippen LogP) is 1.67. The van der Waals surface area contributed by atoms with Crippen LogP contribution in [-0.4, -0.2) is 23.0 Å². The second-order valence-electron chi connectivity index (χ2n) is 3.49. The summed E-state index contributed by atoms with van der Waals surface area (Å²) in [4.78, 5) is 22.8. The Bertz CT molecular complexity index is 307. The maximum absolute atomic E-state index is 11.5. The lowest BCUT2D eigenvalue weighted by Crippen LogP contribution is -2.31. The fourth-order valence-corrected chi connectivity index (χ4v) is 1.40. The summed E-state index contributed by atoms with van der Waals surface area (Å²) < 4.78 is 4.87. The standard InChI is InChI=1S/C11H14O4/c1-3-4-5-8(12)10-9(13)6-7(2)15-11(10)14/h3,7,12H,1,4-6H2,2H3/b10-8+/t7-/m1/s1. The maximum atomic E-state index is 11.5. The zero-order valence-electron chi connectivity index (χ0n) is 8.66. The molecule has 82 valence electrons. The maximum Gasteiger partial charge on any atom is 0.345 e. The van der Waals surface area contributed by atoms with Crippen LogP contribution in [0.3, 0.4) is 0 Å². The van der Waals surface area contributed by atoms with Crippen molar-refractivity contribution < 1.29 is 19.4 Å². The highest BCUT2D eigenvalue weighted by atomic mass is 16.5. The average Bonchev–Trinajstić information content (AvgIpc) is 2.12. The van der Waals surface area contributed by atoms with Gasteiger partial charge in [-0.05, 0) is 13.3 Å². The Morgan fingerprint density at radius 2 is 2.33 bits per heavy atom. The molecule has 1 saturated heterocycles. The number of carbonyl (C=O) groups excluding carboxylic acids is 2. The highest BCUT2D eigenvalue weighted by Crippen LogP contribution is 2.20. The molecule has 1 rings (SSSR count). The van der Waals surface area contributed by atoms with Crippen molar-refractivity contribution in [3.63, 3.8) is 0 Å². The van der Waals surface area contributed by atoms with Crippen LogP contribution >= 0.6 is 0 Å². The molecule has 4 heteroatoms. The Balaban J connectivity index is 2.86. The first kappa shape index (κ1) is 11.5. The van der Waals surface area contributed by atoms with Crippen molar-refractivity contribution in [3.8, 4) is 0 Å². The van der Waals surface area contributed by atoms with E-state index in [1.54, 1.807) is 13.0 Å². The van der Waals surface area contributed by atoms with Crippen molar-refractivity contribution in [2.45, 2.75) is 32.3 Å². The minimum Gasteiger partial charge on any atom is -0.511 e. The van der Waals surface area contributed by atoms with E-state index in [1.807, 2.05) is 0 Å². The van der Waals surface area contributed by atoms with Crippen LogP contribution in [-0.2, 0) is 14.3 Å². The van der Waals surface area contributed by atoms with Crippen LogP contribution in [0, 0.1) is 0 Å². The molecular weight excluding hydrogens is 196 g/mol. The molecule has 1 aliphatic rings.